The molecule has 0 radical (unpaired) electrons. The Morgan fingerprint density at radius 2 is 1.84 bits per heavy atom. The summed E-state index contributed by atoms with van der Waals surface area (Å²) in [6, 6.07) is 11.5. The Hall–Kier alpha value is -3.26. The van der Waals surface area contributed by atoms with Crippen molar-refractivity contribution in [1.29, 1.82) is 0 Å². The number of fused-ring (bicyclic) bond motifs is 2. The first kappa shape index (κ1) is 21.0. The molecule has 0 bridgehead atoms. The zero-order valence-electron chi connectivity index (χ0n) is 17.4. The lowest BCUT2D eigenvalue weighted by Gasteiger charge is -2.38. The van der Waals surface area contributed by atoms with Gasteiger partial charge in [0.2, 0.25) is 18.6 Å². The molecule has 2 heterocycles. The number of carbonyl (C=O) groups excluding carboxylic acids is 2. The van der Waals surface area contributed by atoms with Crippen LogP contribution in [0.1, 0.15) is 48.4 Å². The number of carbonyl (C=O) groups is 2. The summed E-state index contributed by atoms with van der Waals surface area (Å²) in [7, 11) is 1.62. The summed E-state index contributed by atoms with van der Waals surface area (Å²) < 4.78 is 16.4. The first-order chi connectivity index (χ1) is 15.1. The number of nitrogens with zero attached hydrogens (tertiary/aromatic N) is 1. The molecule has 0 spiro atoms. The molecule has 4 rings (SSSR count). The molecule has 1 unspecified atom stereocenters. The first-order valence-corrected chi connectivity index (χ1v) is 10.4. The minimum Gasteiger partial charge on any atom is -0.497 e. The molecule has 0 aliphatic carbocycles. The average molecular weight is 426 g/mol. The second-order valence-corrected chi connectivity index (χ2v) is 7.66. The summed E-state index contributed by atoms with van der Waals surface area (Å²) >= 11 is 0. The van der Waals surface area contributed by atoms with E-state index in [2.05, 4.69) is 0 Å². The molecule has 0 saturated carbocycles. The van der Waals surface area contributed by atoms with Crippen LogP contribution in [0, 0.1) is 0 Å². The van der Waals surface area contributed by atoms with Gasteiger partial charge in [0.15, 0.2) is 11.5 Å². The summed E-state index contributed by atoms with van der Waals surface area (Å²) in [5.74, 6) is 1.79. The standard InChI is InChI=1S/C23H26N2O6/c1-29-17-8-6-15(7-9-17)23-18-13-20-19(30-14-31-20)12-16(18)10-11-25(23)22(27)5-3-2-4-21(26)24-28/h6-9,12-13,23,28H,2-5,10-11,14H2,1H3,(H,24,26). The number of hydrogen-bond acceptors (Lipinski definition) is 6. The van der Waals surface area contributed by atoms with Crippen molar-refractivity contribution >= 4 is 11.8 Å². The summed E-state index contributed by atoms with van der Waals surface area (Å²) in [6.07, 6.45) is 2.38. The third kappa shape index (κ3) is 4.44. The molecule has 2 aliphatic heterocycles. The number of rotatable bonds is 7. The van der Waals surface area contributed by atoms with E-state index in [9.17, 15) is 9.59 Å². The van der Waals surface area contributed by atoms with Crippen LogP contribution in [0.5, 0.6) is 17.2 Å². The molecule has 2 aromatic carbocycles. The molecule has 8 nitrogen and oxygen atoms in total. The number of amides is 2. The molecule has 1 atom stereocenters. The molecule has 2 amide bonds. The van der Waals surface area contributed by atoms with Crippen molar-refractivity contribution in [1.82, 2.24) is 10.4 Å². The largest absolute Gasteiger partial charge is 0.497 e. The Morgan fingerprint density at radius 1 is 1.13 bits per heavy atom. The van der Waals surface area contributed by atoms with Crippen LogP contribution in [0.15, 0.2) is 36.4 Å². The third-order valence-electron chi connectivity index (χ3n) is 5.78. The van der Waals surface area contributed by atoms with Crippen molar-refractivity contribution in [3.05, 3.63) is 53.1 Å². The van der Waals surface area contributed by atoms with E-state index >= 15 is 0 Å². The van der Waals surface area contributed by atoms with Gasteiger partial charge in [-0.15, -0.1) is 0 Å². The minimum absolute atomic E-state index is 0.0357. The van der Waals surface area contributed by atoms with Crippen molar-refractivity contribution in [2.45, 2.75) is 38.1 Å². The van der Waals surface area contributed by atoms with Gasteiger partial charge < -0.3 is 19.1 Å². The lowest BCUT2D eigenvalue weighted by molar-refractivity contribution is -0.134. The predicted octanol–water partition coefficient (Wildman–Crippen LogP) is 2.96. The smallest absolute Gasteiger partial charge is 0.243 e. The molecule has 164 valence electrons. The number of nitrogens with one attached hydrogen (secondary N) is 1. The summed E-state index contributed by atoms with van der Waals surface area (Å²) in [4.78, 5) is 26.2. The topological polar surface area (TPSA) is 97.3 Å². The van der Waals surface area contributed by atoms with Crippen LogP contribution in [-0.4, -0.2) is 42.4 Å². The maximum atomic E-state index is 13.2. The van der Waals surface area contributed by atoms with Crippen LogP contribution in [0.4, 0.5) is 0 Å². The molecule has 0 fully saturated rings. The fourth-order valence-corrected chi connectivity index (χ4v) is 4.18. The van der Waals surface area contributed by atoms with Crippen LogP contribution in [0.2, 0.25) is 0 Å². The fourth-order valence-electron chi connectivity index (χ4n) is 4.18. The van der Waals surface area contributed by atoms with E-state index in [1.54, 1.807) is 12.6 Å². The van der Waals surface area contributed by atoms with Gasteiger partial charge in [-0.1, -0.05) is 12.1 Å². The van der Waals surface area contributed by atoms with Crippen molar-refractivity contribution in [2.24, 2.45) is 0 Å². The highest BCUT2D eigenvalue weighted by atomic mass is 16.7. The van der Waals surface area contributed by atoms with E-state index in [0.29, 0.717) is 31.6 Å². The van der Waals surface area contributed by atoms with Crippen molar-refractivity contribution in [2.75, 3.05) is 20.4 Å². The Bertz CT molecular complexity index is 959. The normalized spacial score (nSPS) is 16.6. The SMILES string of the molecule is COc1ccc(C2c3cc4c(cc3CCN2C(=O)CCCCC(=O)NO)OCO4)cc1. The molecular weight excluding hydrogens is 400 g/mol. The summed E-state index contributed by atoms with van der Waals surface area (Å²) in [5.41, 5.74) is 4.80. The van der Waals surface area contributed by atoms with Gasteiger partial charge in [-0.05, 0) is 60.2 Å². The molecule has 2 aromatic rings. The van der Waals surface area contributed by atoms with Crippen molar-refractivity contribution in [3.8, 4) is 17.2 Å². The maximum Gasteiger partial charge on any atom is 0.243 e. The van der Waals surface area contributed by atoms with Crippen LogP contribution in [-0.2, 0) is 16.0 Å². The number of unbranched alkanes of at least 4 members (excludes halogenated alkanes) is 1. The highest BCUT2D eigenvalue weighted by molar-refractivity contribution is 5.78. The Balaban J connectivity index is 1.59. The van der Waals surface area contributed by atoms with E-state index in [4.69, 9.17) is 19.4 Å². The Labute approximate surface area is 180 Å². The lowest BCUT2D eigenvalue weighted by atomic mass is 9.87. The van der Waals surface area contributed by atoms with E-state index in [-0.39, 0.29) is 25.2 Å². The van der Waals surface area contributed by atoms with E-state index in [0.717, 1.165) is 34.6 Å². The minimum atomic E-state index is -0.438. The highest BCUT2D eigenvalue weighted by Gasteiger charge is 2.33. The number of benzene rings is 2. The quantitative estimate of drug-likeness (QED) is 0.401. The van der Waals surface area contributed by atoms with Crippen LogP contribution >= 0.6 is 0 Å². The molecular formula is C23H26N2O6. The number of hydroxylamine groups is 1. The molecule has 2 N–H and O–H groups in total. The van der Waals surface area contributed by atoms with E-state index in [1.807, 2.05) is 41.3 Å². The zero-order chi connectivity index (χ0) is 21.8. The van der Waals surface area contributed by atoms with Crippen molar-refractivity contribution in [3.63, 3.8) is 0 Å². The van der Waals surface area contributed by atoms with Gasteiger partial charge in [-0.25, -0.2) is 5.48 Å². The van der Waals surface area contributed by atoms with Crippen LogP contribution in [0.25, 0.3) is 0 Å². The predicted molar refractivity (Wildman–Crippen MR) is 111 cm³/mol. The summed E-state index contributed by atoms with van der Waals surface area (Å²) in [6.45, 7) is 0.800. The number of hydrogen-bond donors (Lipinski definition) is 2. The summed E-state index contributed by atoms with van der Waals surface area (Å²) in [5, 5.41) is 8.60. The van der Waals surface area contributed by atoms with Gasteiger partial charge in [0, 0.05) is 19.4 Å². The zero-order valence-corrected chi connectivity index (χ0v) is 17.4. The van der Waals surface area contributed by atoms with Crippen LogP contribution < -0.4 is 19.7 Å². The van der Waals surface area contributed by atoms with Crippen molar-refractivity contribution < 1.29 is 29.0 Å². The van der Waals surface area contributed by atoms with E-state index < -0.39 is 5.91 Å². The Kier molecular flexibility index (Phi) is 6.27. The van der Waals surface area contributed by atoms with Gasteiger partial charge in [-0.3, -0.25) is 14.8 Å². The molecule has 0 saturated heterocycles. The van der Waals surface area contributed by atoms with Gasteiger partial charge >= 0.3 is 0 Å². The number of methoxy groups -OCH3 is 1. The van der Waals surface area contributed by atoms with E-state index in [1.165, 1.54) is 0 Å². The van der Waals surface area contributed by atoms with Gasteiger partial charge in [0.25, 0.3) is 0 Å². The highest BCUT2D eigenvalue weighted by Crippen LogP contribution is 2.43. The van der Waals surface area contributed by atoms with Crippen LogP contribution in [0.3, 0.4) is 0 Å². The molecule has 0 aromatic heterocycles. The first-order valence-electron chi connectivity index (χ1n) is 10.4. The average Bonchev–Trinajstić information content (AvgIpc) is 3.26. The second-order valence-electron chi connectivity index (χ2n) is 7.66. The van der Waals surface area contributed by atoms with Gasteiger partial charge in [0.1, 0.15) is 5.75 Å². The van der Waals surface area contributed by atoms with Gasteiger partial charge in [-0.2, -0.15) is 0 Å². The monoisotopic (exact) mass is 426 g/mol. The number of ether oxygens (including phenoxy) is 3. The molecule has 31 heavy (non-hydrogen) atoms. The second kappa shape index (κ2) is 9.26. The lowest BCUT2D eigenvalue weighted by Crippen LogP contribution is -2.40. The molecule has 8 heteroatoms. The van der Waals surface area contributed by atoms with Gasteiger partial charge in [0.05, 0.1) is 13.2 Å². The third-order valence-corrected chi connectivity index (χ3v) is 5.78. The Morgan fingerprint density at radius 3 is 2.55 bits per heavy atom. The molecule has 2 aliphatic rings. The maximum absolute atomic E-state index is 13.2. The fraction of sp³-hybridized carbons (Fsp3) is 0.391.